The van der Waals surface area contributed by atoms with Crippen molar-refractivity contribution in [3.8, 4) is 0 Å². The Bertz CT molecular complexity index is 627. The van der Waals surface area contributed by atoms with Gasteiger partial charge in [-0.05, 0) is 57.2 Å². The second-order valence-corrected chi connectivity index (χ2v) is 7.25. The minimum atomic E-state index is -0.271. The molecule has 2 aliphatic rings. The van der Waals surface area contributed by atoms with E-state index in [1.807, 2.05) is 23.6 Å². The summed E-state index contributed by atoms with van der Waals surface area (Å²) in [4.78, 5) is 29.1. The molecule has 0 radical (unpaired) electrons. The van der Waals surface area contributed by atoms with Crippen LogP contribution in [0.5, 0.6) is 0 Å². The number of carbonyl (C=O) groups is 2. The van der Waals surface area contributed by atoms with E-state index < -0.39 is 0 Å². The number of nitrogens with zero attached hydrogens (tertiary/aromatic N) is 2. The van der Waals surface area contributed by atoms with Crippen LogP contribution < -0.4 is 0 Å². The summed E-state index contributed by atoms with van der Waals surface area (Å²) in [6.45, 7) is 5.86. The molecule has 1 aliphatic heterocycles. The van der Waals surface area contributed by atoms with Crippen LogP contribution >= 0.6 is 0 Å². The molecule has 0 bridgehead atoms. The number of hydrogen-bond donors (Lipinski definition) is 0. The van der Waals surface area contributed by atoms with Crippen LogP contribution in [0, 0.1) is 17.7 Å². The molecule has 1 aliphatic carbocycles. The molecule has 4 nitrogen and oxygen atoms in total. The summed E-state index contributed by atoms with van der Waals surface area (Å²) in [5, 5.41) is 0. The SMILES string of the molecule is CCN(C(=O)[C@@H]1CCCN(C(=O)C2CC2)C1)[C@H](C)c1ccc(F)cc1. The first kappa shape index (κ1) is 17.9. The van der Waals surface area contributed by atoms with E-state index in [0.29, 0.717) is 13.1 Å². The molecule has 2 fully saturated rings. The summed E-state index contributed by atoms with van der Waals surface area (Å²) in [7, 11) is 0. The van der Waals surface area contributed by atoms with Gasteiger partial charge in [-0.3, -0.25) is 9.59 Å². The molecule has 2 atom stereocenters. The van der Waals surface area contributed by atoms with Crippen LogP contribution in [0.15, 0.2) is 24.3 Å². The van der Waals surface area contributed by atoms with Gasteiger partial charge in [-0.2, -0.15) is 0 Å². The number of amides is 2. The first-order valence-electron chi connectivity index (χ1n) is 9.36. The van der Waals surface area contributed by atoms with Gasteiger partial charge in [0.15, 0.2) is 0 Å². The van der Waals surface area contributed by atoms with Crippen LogP contribution in [0.4, 0.5) is 4.39 Å². The fourth-order valence-corrected chi connectivity index (χ4v) is 3.74. The summed E-state index contributed by atoms with van der Waals surface area (Å²) < 4.78 is 13.2. The van der Waals surface area contributed by atoms with E-state index in [9.17, 15) is 14.0 Å². The molecule has 1 saturated heterocycles. The van der Waals surface area contributed by atoms with E-state index in [2.05, 4.69) is 0 Å². The Morgan fingerprint density at radius 1 is 1.20 bits per heavy atom. The van der Waals surface area contributed by atoms with Gasteiger partial charge in [0.2, 0.25) is 11.8 Å². The van der Waals surface area contributed by atoms with E-state index in [4.69, 9.17) is 0 Å². The topological polar surface area (TPSA) is 40.6 Å². The molecule has 0 aromatic heterocycles. The van der Waals surface area contributed by atoms with Gasteiger partial charge in [0, 0.05) is 25.6 Å². The first-order chi connectivity index (χ1) is 12.0. The maximum absolute atomic E-state index is 13.2. The van der Waals surface area contributed by atoms with Gasteiger partial charge in [-0.25, -0.2) is 4.39 Å². The van der Waals surface area contributed by atoms with Crippen LogP contribution in [0.3, 0.4) is 0 Å². The highest BCUT2D eigenvalue weighted by Crippen LogP contribution is 2.33. The number of rotatable bonds is 5. The van der Waals surface area contributed by atoms with E-state index in [0.717, 1.165) is 37.8 Å². The predicted molar refractivity (Wildman–Crippen MR) is 94.2 cm³/mol. The highest BCUT2D eigenvalue weighted by atomic mass is 19.1. The van der Waals surface area contributed by atoms with Crippen LogP contribution in [-0.4, -0.2) is 41.2 Å². The molecule has 136 valence electrons. The molecule has 0 N–H and O–H groups in total. The maximum Gasteiger partial charge on any atom is 0.227 e. The number of likely N-dealkylation sites (tertiary alicyclic amines) is 1. The average Bonchev–Trinajstić information content (AvgIpc) is 3.47. The zero-order valence-electron chi connectivity index (χ0n) is 15.1. The van der Waals surface area contributed by atoms with Crippen molar-refractivity contribution in [1.82, 2.24) is 9.80 Å². The van der Waals surface area contributed by atoms with Gasteiger partial charge in [-0.1, -0.05) is 12.1 Å². The molecule has 1 heterocycles. The minimum absolute atomic E-state index is 0.104. The van der Waals surface area contributed by atoms with Crippen molar-refractivity contribution in [2.45, 2.75) is 45.6 Å². The second kappa shape index (κ2) is 7.54. The quantitative estimate of drug-likeness (QED) is 0.820. The van der Waals surface area contributed by atoms with Gasteiger partial charge >= 0.3 is 0 Å². The predicted octanol–water partition coefficient (Wildman–Crippen LogP) is 3.38. The highest BCUT2D eigenvalue weighted by Gasteiger charge is 2.38. The van der Waals surface area contributed by atoms with Crippen molar-refractivity contribution in [2.24, 2.45) is 11.8 Å². The van der Waals surface area contributed by atoms with Gasteiger partial charge in [-0.15, -0.1) is 0 Å². The third kappa shape index (κ3) is 4.02. The van der Waals surface area contributed by atoms with Gasteiger partial charge in [0.05, 0.1) is 12.0 Å². The van der Waals surface area contributed by atoms with E-state index in [1.165, 1.54) is 12.1 Å². The summed E-state index contributed by atoms with van der Waals surface area (Å²) in [6.07, 6.45) is 3.71. The Morgan fingerprint density at radius 2 is 1.88 bits per heavy atom. The van der Waals surface area contributed by atoms with Crippen molar-refractivity contribution >= 4 is 11.8 Å². The second-order valence-electron chi connectivity index (χ2n) is 7.25. The Balaban J connectivity index is 1.68. The van der Waals surface area contributed by atoms with Crippen LogP contribution in [0.2, 0.25) is 0 Å². The Kier molecular flexibility index (Phi) is 5.40. The first-order valence-corrected chi connectivity index (χ1v) is 9.36. The van der Waals surface area contributed by atoms with Crippen molar-refractivity contribution < 1.29 is 14.0 Å². The zero-order valence-corrected chi connectivity index (χ0v) is 15.1. The number of piperidine rings is 1. The van der Waals surface area contributed by atoms with Crippen molar-refractivity contribution in [3.63, 3.8) is 0 Å². The molecular formula is C20H27FN2O2. The van der Waals surface area contributed by atoms with Gasteiger partial charge < -0.3 is 9.80 Å². The number of benzene rings is 1. The van der Waals surface area contributed by atoms with Crippen LogP contribution in [-0.2, 0) is 9.59 Å². The molecule has 2 amide bonds. The molecule has 3 rings (SSSR count). The molecular weight excluding hydrogens is 319 g/mol. The fraction of sp³-hybridized carbons (Fsp3) is 0.600. The summed E-state index contributed by atoms with van der Waals surface area (Å²) in [5.41, 5.74) is 0.929. The lowest BCUT2D eigenvalue weighted by atomic mass is 9.94. The molecule has 1 saturated carbocycles. The lowest BCUT2D eigenvalue weighted by molar-refractivity contribution is -0.142. The van der Waals surface area contributed by atoms with Crippen LogP contribution in [0.1, 0.15) is 51.1 Å². The van der Waals surface area contributed by atoms with Crippen LogP contribution in [0.25, 0.3) is 0 Å². The number of hydrogen-bond acceptors (Lipinski definition) is 2. The summed E-state index contributed by atoms with van der Waals surface area (Å²) >= 11 is 0. The van der Waals surface area contributed by atoms with E-state index >= 15 is 0 Å². The van der Waals surface area contributed by atoms with E-state index in [-0.39, 0.29) is 35.5 Å². The Labute approximate surface area is 149 Å². The third-order valence-electron chi connectivity index (χ3n) is 5.45. The lowest BCUT2D eigenvalue weighted by Gasteiger charge is -2.37. The van der Waals surface area contributed by atoms with Crippen molar-refractivity contribution in [2.75, 3.05) is 19.6 Å². The van der Waals surface area contributed by atoms with Crippen molar-refractivity contribution in [3.05, 3.63) is 35.6 Å². The third-order valence-corrected chi connectivity index (χ3v) is 5.45. The summed E-state index contributed by atoms with van der Waals surface area (Å²) in [6, 6.07) is 6.23. The highest BCUT2D eigenvalue weighted by molar-refractivity contribution is 5.83. The lowest BCUT2D eigenvalue weighted by Crippen LogP contribution is -2.47. The van der Waals surface area contributed by atoms with E-state index in [1.54, 1.807) is 12.1 Å². The zero-order chi connectivity index (χ0) is 18.0. The molecule has 25 heavy (non-hydrogen) atoms. The monoisotopic (exact) mass is 346 g/mol. The molecule has 0 unspecified atom stereocenters. The molecule has 1 aromatic carbocycles. The Morgan fingerprint density at radius 3 is 2.48 bits per heavy atom. The van der Waals surface area contributed by atoms with Gasteiger partial charge in [0.1, 0.15) is 5.82 Å². The standard InChI is InChI=1S/C20H27FN2O2/c1-3-23(14(2)15-8-10-18(21)11-9-15)20(25)17-5-4-12-22(13-17)19(24)16-6-7-16/h8-11,14,16-17H,3-7,12-13H2,1-2H3/t14-,17-/m1/s1. The number of carbonyl (C=O) groups excluding carboxylic acids is 2. The minimum Gasteiger partial charge on any atom is -0.342 e. The normalized spacial score (nSPS) is 21.7. The largest absolute Gasteiger partial charge is 0.342 e. The molecule has 5 heteroatoms. The Hall–Kier alpha value is -1.91. The molecule has 0 spiro atoms. The number of halogens is 1. The average molecular weight is 346 g/mol. The van der Waals surface area contributed by atoms with Gasteiger partial charge in [0.25, 0.3) is 0 Å². The fourth-order valence-electron chi connectivity index (χ4n) is 3.74. The molecule has 1 aromatic rings. The summed E-state index contributed by atoms with van der Waals surface area (Å²) in [5.74, 6) is 0.139. The van der Waals surface area contributed by atoms with Crippen molar-refractivity contribution in [1.29, 1.82) is 0 Å². The maximum atomic E-state index is 13.2. The smallest absolute Gasteiger partial charge is 0.227 e.